The minimum Gasteiger partial charge on any atom is -0.360 e. The number of nitrogens with one attached hydrogen (secondary N) is 2. The highest BCUT2D eigenvalue weighted by Crippen LogP contribution is 2.50. The smallest absolute Gasteiger partial charge is 0.360 e. The van der Waals surface area contributed by atoms with Crippen molar-refractivity contribution in [3.05, 3.63) is 58.8 Å². The van der Waals surface area contributed by atoms with Gasteiger partial charge in [-0.25, -0.2) is 0 Å². The molecule has 0 radical (unpaired) electrons. The Morgan fingerprint density at radius 2 is 1.90 bits per heavy atom. The van der Waals surface area contributed by atoms with Crippen molar-refractivity contribution in [1.29, 1.82) is 0 Å². The number of carbonyl (C=O) groups is 1. The zero-order valence-corrected chi connectivity index (χ0v) is 15.9. The Bertz CT molecular complexity index is 1170. The number of aryl methyl sites for hydroxylation is 1. The third-order valence-corrected chi connectivity index (χ3v) is 5.37. The fourth-order valence-electron chi connectivity index (χ4n) is 3.63. The first-order valence-corrected chi connectivity index (χ1v) is 8.92. The molecule has 0 saturated heterocycles. The SMILES string of the molecule is CC(=O)c1cc2c(c3ncccc13)Nc1ccc(C)c(C)c1NC2(O)C(F)(F)F. The molecule has 3 aromatic rings. The van der Waals surface area contributed by atoms with Crippen LogP contribution >= 0.6 is 0 Å². The number of anilines is 3. The van der Waals surface area contributed by atoms with Crippen molar-refractivity contribution in [1.82, 2.24) is 4.98 Å². The second-order valence-corrected chi connectivity index (χ2v) is 7.19. The molecule has 1 aliphatic rings. The van der Waals surface area contributed by atoms with E-state index >= 15 is 0 Å². The van der Waals surface area contributed by atoms with Crippen LogP contribution in [0.5, 0.6) is 0 Å². The van der Waals surface area contributed by atoms with E-state index in [1.807, 2.05) is 0 Å². The maximum atomic E-state index is 14.2. The molecular weight excluding hydrogens is 383 g/mol. The van der Waals surface area contributed by atoms with Gasteiger partial charge < -0.3 is 15.7 Å². The van der Waals surface area contributed by atoms with Gasteiger partial charge in [-0.3, -0.25) is 9.78 Å². The number of benzene rings is 2. The highest BCUT2D eigenvalue weighted by molar-refractivity contribution is 6.11. The molecule has 0 fully saturated rings. The predicted molar refractivity (Wildman–Crippen MR) is 105 cm³/mol. The van der Waals surface area contributed by atoms with Crippen molar-refractivity contribution >= 4 is 33.7 Å². The van der Waals surface area contributed by atoms with E-state index in [2.05, 4.69) is 15.6 Å². The summed E-state index contributed by atoms with van der Waals surface area (Å²) in [7, 11) is 0. The van der Waals surface area contributed by atoms with E-state index in [1.165, 1.54) is 13.1 Å². The summed E-state index contributed by atoms with van der Waals surface area (Å²) in [5.41, 5.74) is -1.87. The van der Waals surface area contributed by atoms with Gasteiger partial charge in [0, 0.05) is 22.7 Å². The molecule has 1 aliphatic heterocycles. The van der Waals surface area contributed by atoms with Crippen LogP contribution in [0, 0.1) is 13.8 Å². The second kappa shape index (κ2) is 6.18. The van der Waals surface area contributed by atoms with Crippen LogP contribution in [-0.4, -0.2) is 22.1 Å². The highest BCUT2D eigenvalue weighted by atomic mass is 19.4. The Hall–Kier alpha value is -3.13. The van der Waals surface area contributed by atoms with Gasteiger partial charge in [-0.05, 0) is 50.1 Å². The van der Waals surface area contributed by atoms with Gasteiger partial charge in [-0.15, -0.1) is 0 Å². The van der Waals surface area contributed by atoms with Crippen LogP contribution in [0.1, 0.15) is 34.0 Å². The van der Waals surface area contributed by atoms with Gasteiger partial charge in [0.2, 0.25) is 0 Å². The Morgan fingerprint density at radius 3 is 2.55 bits per heavy atom. The number of rotatable bonds is 1. The van der Waals surface area contributed by atoms with Crippen LogP contribution < -0.4 is 10.6 Å². The molecule has 2 heterocycles. The molecule has 0 amide bonds. The van der Waals surface area contributed by atoms with E-state index in [4.69, 9.17) is 0 Å². The lowest BCUT2D eigenvalue weighted by Gasteiger charge is -2.33. The lowest BCUT2D eigenvalue weighted by Crippen LogP contribution is -2.49. The summed E-state index contributed by atoms with van der Waals surface area (Å²) in [6.45, 7) is 4.71. The first kappa shape index (κ1) is 19.2. The number of aliphatic hydroxyl groups is 1. The minimum absolute atomic E-state index is 0.0000666. The molecule has 5 nitrogen and oxygen atoms in total. The van der Waals surface area contributed by atoms with E-state index in [0.29, 0.717) is 16.6 Å². The van der Waals surface area contributed by atoms with Crippen LogP contribution in [0.3, 0.4) is 0 Å². The monoisotopic (exact) mass is 401 g/mol. The van der Waals surface area contributed by atoms with E-state index in [0.717, 1.165) is 11.6 Å². The molecule has 1 unspecified atom stereocenters. The largest absolute Gasteiger partial charge is 0.441 e. The summed E-state index contributed by atoms with van der Waals surface area (Å²) >= 11 is 0. The van der Waals surface area contributed by atoms with Crippen LogP contribution in [0.25, 0.3) is 10.9 Å². The normalized spacial score (nSPS) is 18.3. The van der Waals surface area contributed by atoms with Crippen molar-refractivity contribution < 1.29 is 23.1 Å². The molecule has 0 saturated carbocycles. The number of hydrogen-bond acceptors (Lipinski definition) is 5. The van der Waals surface area contributed by atoms with Crippen LogP contribution in [0.15, 0.2) is 36.5 Å². The van der Waals surface area contributed by atoms with Gasteiger partial charge in [-0.1, -0.05) is 12.1 Å². The molecule has 8 heteroatoms. The molecule has 29 heavy (non-hydrogen) atoms. The van der Waals surface area contributed by atoms with Gasteiger partial charge in [0.15, 0.2) is 5.78 Å². The average molecular weight is 401 g/mol. The van der Waals surface area contributed by atoms with Crippen LogP contribution in [0.2, 0.25) is 0 Å². The van der Waals surface area contributed by atoms with Crippen molar-refractivity contribution in [3.8, 4) is 0 Å². The van der Waals surface area contributed by atoms with Crippen molar-refractivity contribution in [2.24, 2.45) is 0 Å². The molecule has 2 aromatic carbocycles. The Balaban J connectivity index is 2.16. The molecule has 0 aliphatic carbocycles. The number of fused-ring (bicyclic) bond motifs is 4. The molecule has 1 atom stereocenters. The Morgan fingerprint density at radius 1 is 1.17 bits per heavy atom. The van der Waals surface area contributed by atoms with E-state index in [-0.39, 0.29) is 22.5 Å². The summed E-state index contributed by atoms with van der Waals surface area (Å²) in [6, 6.07) is 7.73. The fraction of sp³-hybridized carbons (Fsp3) is 0.238. The van der Waals surface area contributed by atoms with Crippen molar-refractivity contribution in [2.75, 3.05) is 10.6 Å². The molecule has 0 bridgehead atoms. The topological polar surface area (TPSA) is 74.2 Å². The maximum absolute atomic E-state index is 14.2. The van der Waals surface area contributed by atoms with Gasteiger partial charge >= 0.3 is 6.18 Å². The van der Waals surface area contributed by atoms with Gasteiger partial charge in [0.25, 0.3) is 5.72 Å². The molecule has 3 N–H and O–H groups in total. The van der Waals surface area contributed by atoms with Crippen molar-refractivity contribution in [3.63, 3.8) is 0 Å². The first-order chi connectivity index (χ1) is 13.5. The third-order valence-electron chi connectivity index (χ3n) is 5.37. The zero-order valence-electron chi connectivity index (χ0n) is 15.9. The van der Waals surface area contributed by atoms with Crippen LogP contribution in [0.4, 0.5) is 30.2 Å². The molecule has 1 aromatic heterocycles. The summed E-state index contributed by atoms with van der Waals surface area (Å²) < 4.78 is 42.6. The standard InChI is InChI=1S/C21H18F3N3O2/c1-10-6-7-16-17(11(10)2)27-20(29,21(22,23)24)15-9-14(12(3)28)13-5-4-8-25-18(13)19(15)26-16/h4-9,26-27,29H,1-3H3. The highest BCUT2D eigenvalue weighted by Gasteiger charge is 2.58. The zero-order chi connectivity index (χ0) is 21.1. The molecule has 4 rings (SSSR count). The maximum Gasteiger partial charge on any atom is 0.441 e. The van der Waals surface area contributed by atoms with Gasteiger partial charge in [-0.2, -0.15) is 13.2 Å². The third kappa shape index (κ3) is 2.74. The van der Waals surface area contributed by atoms with Gasteiger partial charge in [0.05, 0.1) is 22.6 Å². The summed E-state index contributed by atoms with van der Waals surface area (Å²) in [5.74, 6) is -0.427. The quantitative estimate of drug-likeness (QED) is 0.504. The summed E-state index contributed by atoms with van der Waals surface area (Å²) in [5, 5.41) is 16.7. The van der Waals surface area contributed by atoms with Gasteiger partial charge in [0.1, 0.15) is 0 Å². The number of ketones is 1. The molecule has 0 spiro atoms. The lowest BCUT2D eigenvalue weighted by atomic mass is 9.93. The number of nitrogens with zero attached hydrogens (tertiary/aromatic N) is 1. The lowest BCUT2D eigenvalue weighted by molar-refractivity contribution is -0.253. The Labute approximate surface area is 164 Å². The number of Topliss-reactive ketones (excluding diaryl/α,β-unsaturated/α-hetero) is 1. The predicted octanol–water partition coefficient (Wildman–Crippen LogP) is 4.93. The summed E-state index contributed by atoms with van der Waals surface area (Å²) in [4.78, 5) is 16.4. The number of hydrogen-bond donors (Lipinski definition) is 3. The number of halogens is 3. The number of aromatic nitrogens is 1. The first-order valence-electron chi connectivity index (χ1n) is 8.92. The minimum atomic E-state index is -5.07. The van der Waals surface area contributed by atoms with Crippen LogP contribution in [-0.2, 0) is 5.72 Å². The van der Waals surface area contributed by atoms with E-state index in [9.17, 15) is 23.1 Å². The average Bonchev–Trinajstić information content (AvgIpc) is 2.79. The fourth-order valence-corrected chi connectivity index (χ4v) is 3.63. The number of pyridine rings is 1. The summed E-state index contributed by atoms with van der Waals surface area (Å²) in [6.07, 6.45) is -3.64. The Kier molecular flexibility index (Phi) is 4.09. The second-order valence-electron chi connectivity index (χ2n) is 7.19. The van der Waals surface area contributed by atoms with E-state index < -0.39 is 23.2 Å². The van der Waals surface area contributed by atoms with E-state index in [1.54, 1.807) is 38.1 Å². The molecular formula is C21H18F3N3O2. The number of carbonyl (C=O) groups excluding carboxylic acids is 1. The number of alkyl halides is 3. The molecule has 150 valence electrons. The van der Waals surface area contributed by atoms with Crippen molar-refractivity contribution in [2.45, 2.75) is 32.7 Å².